The molecule has 0 aliphatic heterocycles. The van der Waals surface area contributed by atoms with E-state index in [2.05, 4.69) is 16.2 Å². The molecule has 116 valence electrons. The number of carbonyl (C=O) groups excluding carboxylic acids is 1. The second kappa shape index (κ2) is 7.14. The molecule has 1 rings (SSSR count). The van der Waals surface area contributed by atoms with Crippen LogP contribution in [0.3, 0.4) is 0 Å². The van der Waals surface area contributed by atoms with Gasteiger partial charge in [0.25, 0.3) is 0 Å². The van der Waals surface area contributed by atoms with E-state index in [4.69, 9.17) is 11.2 Å². The first-order valence-electron chi connectivity index (χ1n) is 6.84. The largest absolute Gasteiger partial charge is 0.444 e. The number of aliphatic hydroxyl groups excluding tert-OH is 1. The van der Waals surface area contributed by atoms with Crippen molar-refractivity contribution >= 4 is 6.09 Å². The number of ether oxygens (including phenoxy) is 1. The highest BCUT2D eigenvalue weighted by Gasteiger charge is 2.23. The van der Waals surface area contributed by atoms with Crippen LogP contribution in [0.2, 0.25) is 0 Å². The number of nitrogens with zero attached hydrogens (tertiary/aromatic N) is 2. The van der Waals surface area contributed by atoms with E-state index < -0.39 is 17.7 Å². The Kier molecular flexibility index (Phi) is 5.79. The number of carbonyl (C=O) groups is 1. The fourth-order valence-corrected chi connectivity index (χ4v) is 1.88. The summed E-state index contributed by atoms with van der Waals surface area (Å²) < 4.78 is 7.04. The second-order valence-corrected chi connectivity index (χ2v) is 5.86. The summed E-state index contributed by atoms with van der Waals surface area (Å²) in [7, 11) is 0. The number of aliphatic hydroxyl groups is 1. The molecule has 21 heavy (non-hydrogen) atoms. The van der Waals surface area contributed by atoms with Crippen LogP contribution in [-0.2, 0) is 4.74 Å². The summed E-state index contributed by atoms with van der Waals surface area (Å²) in [5.74, 6) is 2.59. The molecular formula is C15H23N3O3. The third-order valence-corrected chi connectivity index (χ3v) is 2.81. The van der Waals surface area contributed by atoms with Crippen LogP contribution in [0, 0.1) is 12.3 Å². The normalized spacial score (nSPS) is 14.1. The predicted molar refractivity (Wildman–Crippen MR) is 79.6 cm³/mol. The number of rotatable bonds is 5. The van der Waals surface area contributed by atoms with Gasteiger partial charge in [-0.05, 0) is 27.7 Å². The number of amides is 1. The van der Waals surface area contributed by atoms with E-state index in [-0.39, 0.29) is 12.6 Å². The first-order chi connectivity index (χ1) is 9.78. The number of aromatic nitrogens is 2. The molecule has 0 bridgehead atoms. The van der Waals surface area contributed by atoms with Crippen molar-refractivity contribution in [1.29, 1.82) is 0 Å². The summed E-state index contributed by atoms with van der Waals surface area (Å²) in [6.45, 7) is 7.03. The molecule has 0 aromatic carbocycles. The molecule has 0 spiro atoms. The van der Waals surface area contributed by atoms with Gasteiger partial charge >= 0.3 is 6.09 Å². The Morgan fingerprint density at radius 2 is 2.29 bits per heavy atom. The van der Waals surface area contributed by atoms with Gasteiger partial charge < -0.3 is 19.7 Å². The van der Waals surface area contributed by atoms with Crippen molar-refractivity contribution in [2.24, 2.45) is 0 Å². The van der Waals surface area contributed by atoms with Gasteiger partial charge in [-0.15, -0.1) is 12.3 Å². The summed E-state index contributed by atoms with van der Waals surface area (Å²) >= 11 is 0. The zero-order valence-electron chi connectivity index (χ0n) is 13.0. The number of hydrogen-bond acceptors (Lipinski definition) is 4. The molecule has 6 nitrogen and oxygen atoms in total. The molecule has 1 aromatic rings. The minimum atomic E-state index is -0.596. The molecule has 2 N–H and O–H groups in total. The lowest BCUT2D eigenvalue weighted by Gasteiger charge is -2.24. The standard InChI is InChI=1S/C15H23N3O3/c1-6-7-11(2)18-10-16-8-13(18)12(9-19)17-14(20)21-15(3,4)5/h1,8,10-12,19H,7,9H2,2-5H3,(H,17,20). The molecule has 2 atom stereocenters. The van der Waals surface area contributed by atoms with Crippen molar-refractivity contribution in [3.05, 3.63) is 18.2 Å². The van der Waals surface area contributed by atoms with Crippen LogP contribution >= 0.6 is 0 Å². The Morgan fingerprint density at radius 1 is 1.62 bits per heavy atom. The smallest absolute Gasteiger partial charge is 0.408 e. The minimum Gasteiger partial charge on any atom is -0.444 e. The van der Waals surface area contributed by atoms with Gasteiger partial charge in [-0.1, -0.05) is 0 Å². The molecule has 0 saturated carbocycles. The molecule has 0 radical (unpaired) electrons. The zero-order chi connectivity index (χ0) is 16.0. The van der Waals surface area contributed by atoms with Gasteiger partial charge in [-0.3, -0.25) is 0 Å². The molecule has 0 aliphatic carbocycles. The second-order valence-electron chi connectivity index (χ2n) is 5.86. The van der Waals surface area contributed by atoms with Gasteiger partial charge in [-0.2, -0.15) is 0 Å². The molecule has 0 aliphatic rings. The number of nitrogens with one attached hydrogen (secondary N) is 1. The Labute approximate surface area is 125 Å². The Hall–Kier alpha value is -2.00. The van der Waals surface area contributed by atoms with Crippen LogP contribution in [0.1, 0.15) is 51.9 Å². The van der Waals surface area contributed by atoms with Crippen molar-refractivity contribution in [2.75, 3.05) is 6.61 Å². The average molecular weight is 293 g/mol. The van der Waals surface area contributed by atoms with E-state index >= 15 is 0 Å². The lowest BCUT2D eigenvalue weighted by molar-refractivity contribution is 0.0478. The minimum absolute atomic E-state index is 0.0296. The summed E-state index contributed by atoms with van der Waals surface area (Å²) in [6.07, 6.45) is 8.51. The number of alkyl carbamates (subject to hydrolysis) is 1. The van der Waals surface area contributed by atoms with Crippen LogP contribution in [0.25, 0.3) is 0 Å². The van der Waals surface area contributed by atoms with Gasteiger partial charge in [0.1, 0.15) is 5.60 Å². The first-order valence-corrected chi connectivity index (χ1v) is 6.84. The van der Waals surface area contributed by atoms with Crippen molar-refractivity contribution < 1.29 is 14.6 Å². The average Bonchev–Trinajstić information content (AvgIpc) is 2.83. The molecule has 0 saturated heterocycles. The van der Waals surface area contributed by atoms with Gasteiger partial charge in [0.2, 0.25) is 0 Å². The van der Waals surface area contributed by atoms with E-state index in [1.807, 2.05) is 11.5 Å². The topological polar surface area (TPSA) is 76.4 Å². The van der Waals surface area contributed by atoms with Crippen molar-refractivity contribution in [3.63, 3.8) is 0 Å². The molecule has 1 amide bonds. The maximum Gasteiger partial charge on any atom is 0.408 e. The fraction of sp³-hybridized carbons (Fsp3) is 0.600. The van der Waals surface area contributed by atoms with Gasteiger partial charge in [0.15, 0.2) is 0 Å². The quantitative estimate of drug-likeness (QED) is 0.814. The van der Waals surface area contributed by atoms with Gasteiger partial charge in [-0.25, -0.2) is 9.78 Å². The van der Waals surface area contributed by atoms with Crippen molar-refractivity contribution in [1.82, 2.24) is 14.9 Å². The monoisotopic (exact) mass is 293 g/mol. The lowest BCUT2D eigenvalue weighted by atomic mass is 10.2. The highest BCUT2D eigenvalue weighted by Crippen LogP contribution is 2.19. The van der Waals surface area contributed by atoms with Crippen LogP contribution in [0.5, 0.6) is 0 Å². The van der Waals surface area contributed by atoms with E-state index in [1.165, 1.54) is 0 Å². The van der Waals surface area contributed by atoms with E-state index in [0.29, 0.717) is 12.1 Å². The van der Waals surface area contributed by atoms with E-state index in [9.17, 15) is 9.90 Å². The summed E-state index contributed by atoms with van der Waals surface area (Å²) in [6, 6.07) is -0.565. The van der Waals surface area contributed by atoms with Crippen LogP contribution in [-0.4, -0.2) is 33.0 Å². The summed E-state index contributed by atoms with van der Waals surface area (Å²) in [5.41, 5.74) is 0.0901. The third kappa shape index (κ3) is 5.12. The van der Waals surface area contributed by atoms with Crippen LogP contribution in [0.15, 0.2) is 12.5 Å². The molecule has 1 aromatic heterocycles. The molecule has 0 fully saturated rings. The van der Waals surface area contributed by atoms with E-state index in [0.717, 1.165) is 0 Å². The maximum atomic E-state index is 11.8. The number of terminal acetylenes is 1. The first kappa shape index (κ1) is 17.1. The van der Waals surface area contributed by atoms with Gasteiger partial charge in [0.05, 0.1) is 30.9 Å². The zero-order valence-corrected chi connectivity index (χ0v) is 13.0. The Balaban J connectivity index is 2.84. The molecule has 6 heteroatoms. The highest BCUT2D eigenvalue weighted by atomic mass is 16.6. The summed E-state index contributed by atoms with van der Waals surface area (Å²) in [5, 5.41) is 12.2. The lowest BCUT2D eigenvalue weighted by Crippen LogP contribution is -2.37. The fourth-order valence-electron chi connectivity index (χ4n) is 1.88. The highest BCUT2D eigenvalue weighted by molar-refractivity contribution is 5.68. The van der Waals surface area contributed by atoms with Crippen molar-refractivity contribution in [2.45, 2.75) is 51.8 Å². The number of imidazole rings is 1. The molecule has 1 heterocycles. The van der Waals surface area contributed by atoms with Crippen LogP contribution < -0.4 is 5.32 Å². The van der Waals surface area contributed by atoms with Crippen molar-refractivity contribution in [3.8, 4) is 12.3 Å². The third-order valence-electron chi connectivity index (χ3n) is 2.81. The maximum absolute atomic E-state index is 11.8. The number of hydrogen-bond donors (Lipinski definition) is 2. The van der Waals surface area contributed by atoms with E-state index in [1.54, 1.807) is 33.3 Å². The molecule has 2 unspecified atom stereocenters. The summed E-state index contributed by atoms with van der Waals surface area (Å²) in [4.78, 5) is 15.9. The predicted octanol–water partition coefficient (Wildman–Crippen LogP) is 2.03. The Bertz CT molecular complexity index is 511. The molecular weight excluding hydrogens is 270 g/mol. The SMILES string of the molecule is C#CCC(C)n1cncc1C(CO)NC(=O)OC(C)(C)C. The van der Waals surface area contributed by atoms with Crippen LogP contribution in [0.4, 0.5) is 4.79 Å². The van der Waals surface area contributed by atoms with Gasteiger partial charge in [0, 0.05) is 12.5 Å². The Morgan fingerprint density at radius 3 is 2.81 bits per heavy atom.